The zero-order valence-corrected chi connectivity index (χ0v) is 10.6. The molecule has 1 aliphatic heterocycles. The lowest BCUT2D eigenvalue weighted by Crippen LogP contribution is -2.05. The summed E-state index contributed by atoms with van der Waals surface area (Å²) in [6.07, 6.45) is 4.04. The molecule has 0 radical (unpaired) electrons. The summed E-state index contributed by atoms with van der Waals surface area (Å²) >= 11 is 0. The van der Waals surface area contributed by atoms with Gasteiger partial charge in [-0.25, -0.2) is 0 Å². The number of rotatable bonds is 4. The molecule has 4 heteroatoms. The van der Waals surface area contributed by atoms with Crippen molar-refractivity contribution < 1.29 is 14.3 Å². The summed E-state index contributed by atoms with van der Waals surface area (Å²) in [6, 6.07) is 3.87. The molecule has 18 heavy (non-hydrogen) atoms. The number of nitrogens with two attached hydrogens (primary N) is 1. The molecule has 1 unspecified atom stereocenters. The molecule has 2 rings (SSSR count). The maximum absolute atomic E-state index is 10.8. The highest BCUT2D eigenvalue weighted by Crippen LogP contribution is 2.35. The van der Waals surface area contributed by atoms with Crippen molar-refractivity contribution >= 4 is 12.0 Å². The number of carbonyl (C=O) groups excluding carboxylic acids is 1. The number of carbonyl (C=O) groups is 1. The summed E-state index contributed by atoms with van der Waals surface area (Å²) in [7, 11) is 0. The van der Waals surface area contributed by atoms with Gasteiger partial charge >= 0.3 is 0 Å². The highest BCUT2D eigenvalue weighted by atomic mass is 16.5. The van der Waals surface area contributed by atoms with Gasteiger partial charge in [-0.15, -0.1) is 0 Å². The molecule has 1 amide bonds. The minimum absolute atomic E-state index is 0.185. The molecule has 0 bridgehead atoms. The van der Waals surface area contributed by atoms with Gasteiger partial charge < -0.3 is 15.2 Å². The summed E-state index contributed by atoms with van der Waals surface area (Å²) in [5, 5.41) is 0. The zero-order chi connectivity index (χ0) is 13.1. The minimum Gasteiger partial charge on any atom is -0.493 e. The number of primary amides is 1. The quantitative estimate of drug-likeness (QED) is 0.827. The van der Waals surface area contributed by atoms with Gasteiger partial charge in [-0.05, 0) is 32.1 Å². The molecular weight excluding hydrogens is 230 g/mol. The van der Waals surface area contributed by atoms with Crippen LogP contribution >= 0.6 is 0 Å². The van der Waals surface area contributed by atoms with Crippen LogP contribution < -0.4 is 15.2 Å². The van der Waals surface area contributed by atoms with Gasteiger partial charge in [-0.2, -0.15) is 0 Å². The maximum atomic E-state index is 10.8. The van der Waals surface area contributed by atoms with E-state index in [1.807, 2.05) is 26.0 Å². The number of hydrogen-bond acceptors (Lipinski definition) is 3. The van der Waals surface area contributed by atoms with Crippen molar-refractivity contribution in [2.24, 2.45) is 5.73 Å². The first kappa shape index (κ1) is 12.5. The Balaban J connectivity index is 2.37. The third-order valence-electron chi connectivity index (χ3n) is 2.76. The van der Waals surface area contributed by atoms with E-state index in [2.05, 4.69) is 0 Å². The molecule has 1 aromatic rings. The fraction of sp³-hybridized carbons (Fsp3) is 0.357. The highest BCUT2D eigenvalue weighted by Gasteiger charge is 2.21. The molecule has 1 aromatic carbocycles. The Hall–Kier alpha value is -1.97. The van der Waals surface area contributed by atoms with Crippen LogP contribution in [0.5, 0.6) is 11.5 Å². The molecule has 2 N–H and O–H groups in total. The first-order valence-corrected chi connectivity index (χ1v) is 6.04. The fourth-order valence-electron chi connectivity index (χ4n) is 2.04. The van der Waals surface area contributed by atoms with Crippen LogP contribution in [0.4, 0.5) is 0 Å². The van der Waals surface area contributed by atoms with Crippen LogP contribution in [0.1, 0.15) is 25.0 Å². The van der Waals surface area contributed by atoms with E-state index in [1.165, 1.54) is 6.08 Å². The second-order valence-electron chi connectivity index (χ2n) is 4.30. The molecule has 0 saturated carbocycles. The predicted octanol–water partition coefficient (Wildman–Crippen LogP) is 1.91. The summed E-state index contributed by atoms with van der Waals surface area (Å²) in [6.45, 7) is 4.53. The molecule has 0 spiro atoms. The Kier molecular flexibility index (Phi) is 3.55. The smallest absolute Gasteiger partial charge is 0.241 e. The Morgan fingerprint density at radius 1 is 1.61 bits per heavy atom. The number of hydrogen-bond donors (Lipinski definition) is 1. The van der Waals surface area contributed by atoms with Gasteiger partial charge in [0.05, 0.1) is 6.61 Å². The average Bonchev–Trinajstić information content (AvgIpc) is 2.65. The van der Waals surface area contributed by atoms with Crippen LogP contribution in [0.2, 0.25) is 0 Å². The predicted molar refractivity (Wildman–Crippen MR) is 69.6 cm³/mol. The van der Waals surface area contributed by atoms with Crippen LogP contribution in [-0.4, -0.2) is 18.6 Å². The molecule has 1 aliphatic rings. The molecule has 1 heterocycles. The molecule has 0 saturated heterocycles. The SMILES string of the molecule is CCOc1cc2c(cc1/C=C\C(N)=O)OC(C)C2. The van der Waals surface area contributed by atoms with E-state index in [0.29, 0.717) is 6.61 Å². The maximum Gasteiger partial charge on any atom is 0.241 e. The van der Waals surface area contributed by atoms with Crippen molar-refractivity contribution in [3.8, 4) is 11.5 Å². The van der Waals surface area contributed by atoms with Crippen LogP contribution in [0.15, 0.2) is 18.2 Å². The lowest BCUT2D eigenvalue weighted by molar-refractivity contribution is -0.113. The molecule has 4 nitrogen and oxygen atoms in total. The molecule has 0 fully saturated rings. The highest BCUT2D eigenvalue weighted by molar-refractivity contribution is 5.90. The van der Waals surface area contributed by atoms with Gasteiger partial charge in [0.25, 0.3) is 0 Å². The minimum atomic E-state index is -0.479. The second kappa shape index (κ2) is 5.12. The number of ether oxygens (including phenoxy) is 2. The summed E-state index contributed by atoms with van der Waals surface area (Å²) in [5.41, 5.74) is 7.05. The van der Waals surface area contributed by atoms with E-state index in [4.69, 9.17) is 15.2 Å². The van der Waals surface area contributed by atoms with Gasteiger partial charge in [0.2, 0.25) is 5.91 Å². The van der Waals surface area contributed by atoms with E-state index >= 15 is 0 Å². The van der Waals surface area contributed by atoms with E-state index in [0.717, 1.165) is 29.0 Å². The molecule has 1 atom stereocenters. The number of amides is 1. The van der Waals surface area contributed by atoms with E-state index in [-0.39, 0.29) is 6.10 Å². The lowest BCUT2D eigenvalue weighted by atomic mass is 10.1. The van der Waals surface area contributed by atoms with Gasteiger partial charge in [-0.3, -0.25) is 4.79 Å². The normalized spacial score (nSPS) is 17.6. The second-order valence-corrected chi connectivity index (χ2v) is 4.30. The lowest BCUT2D eigenvalue weighted by Gasteiger charge is -2.09. The first-order valence-electron chi connectivity index (χ1n) is 6.04. The standard InChI is InChI=1S/C14H17NO3/c1-3-17-12-8-11-6-9(2)18-13(11)7-10(12)4-5-14(15)16/h4-5,7-9H,3,6H2,1-2H3,(H2,15,16)/b5-4-. The first-order chi connectivity index (χ1) is 8.60. The Morgan fingerprint density at radius 3 is 3.06 bits per heavy atom. The van der Waals surface area contributed by atoms with Crippen molar-refractivity contribution in [1.29, 1.82) is 0 Å². The van der Waals surface area contributed by atoms with Gasteiger partial charge in [0, 0.05) is 23.6 Å². The molecule has 0 aromatic heterocycles. The Morgan fingerprint density at radius 2 is 2.39 bits per heavy atom. The van der Waals surface area contributed by atoms with Crippen molar-refractivity contribution in [3.05, 3.63) is 29.3 Å². The van der Waals surface area contributed by atoms with E-state index in [1.54, 1.807) is 6.08 Å². The number of fused-ring (bicyclic) bond motifs is 1. The third-order valence-corrected chi connectivity index (χ3v) is 2.76. The van der Waals surface area contributed by atoms with Crippen LogP contribution in [0.25, 0.3) is 6.08 Å². The summed E-state index contributed by atoms with van der Waals surface area (Å²) < 4.78 is 11.3. The van der Waals surface area contributed by atoms with Gasteiger partial charge in [0.15, 0.2) is 0 Å². The van der Waals surface area contributed by atoms with E-state index in [9.17, 15) is 4.79 Å². The van der Waals surface area contributed by atoms with Crippen molar-refractivity contribution in [3.63, 3.8) is 0 Å². The largest absolute Gasteiger partial charge is 0.493 e. The van der Waals surface area contributed by atoms with Crippen molar-refractivity contribution in [2.45, 2.75) is 26.4 Å². The van der Waals surface area contributed by atoms with E-state index < -0.39 is 5.91 Å². The third kappa shape index (κ3) is 2.64. The van der Waals surface area contributed by atoms with Crippen LogP contribution in [0.3, 0.4) is 0 Å². The van der Waals surface area contributed by atoms with Crippen molar-refractivity contribution in [1.82, 2.24) is 0 Å². The molecule has 96 valence electrons. The van der Waals surface area contributed by atoms with Crippen LogP contribution in [-0.2, 0) is 11.2 Å². The number of benzene rings is 1. The average molecular weight is 247 g/mol. The van der Waals surface area contributed by atoms with Crippen molar-refractivity contribution in [2.75, 3.05) is 6.61 Å². The summed E-state index contributed by atoms with van der Waals surface area (Å²) in [5.74, 6) is 1.13. The monoisotopic (exact) mass is 247 g/mol. The summed E-state index contributed by atoms with van der Waals surface area (Å²) in [4.78, 5) is 10.8. The molecular formula is C14H17NO3. The van der Waals surface area contributed by atoms with Gasteiger partial charge in [-0.1, -0.05) is 0 Å². The topological polar surface area (TPSA) is 61.5 Å². The Bertz CT molecular complexity index is 494. The van der Waals surface area contributed by atoms with Gasteiger partial charge in [0.1, 0.15) is 17.6 Å². The molecule has 0 aliphatic carbocycles. The van der Waals surface area contributed by atoms with Crippen LogP contribution in [0, 0.1) is 0 Å². The Labute approximate surface area is 106 Å². The zero-order valence-electron chi connectivity index (χ0n) is 10.6. The fourth-order valence-corrected chi connectivity index (χ4v) is 2.04.